The maximum Gasteiger partial charge on any atom is 0.256 e. The van der Waals surface area contributed by atoms with E-state index in [4.69, 9.17) is 11.6 Å². The summed E-state index contributed by atoms with van der Waals surface area (Å²) < 4.78 is 15.7. The Morgan fingerprint density at radius 1 is 1.52 bits per heavy atom. The van der Waals surface area contributed by atoms with Gasteiger partial charge in [0, 0.05) is 12.7 Å². The van der Waals surface area contributed by atoms with Gasteiger partial charge in [-0.3, -0.25) is 4.79 Å². The summed E-state index contributed by atoms with van der Waals surface area (Å²) in [5, 5.41) is 18.0. The monoisotopic (exact) mass is 338 g/mol. The highest BCUT2D eigenvalue weighted by Gasteiger charge is 2.39. The number of amides is 1. The van der Waals surface area contributed by atoms with Crippen LogP contribution in [0.15, 0.2) is 24.5 Å². The molecule has 1 aromatic heterocycles. The number of aryl methyl sites for hydroxylation is 1. The molecule has 2 heterocycles. The molecule has 1 unspecified atom stereocenters. The maximum absolute atomic E-state index is 14.2. The number of β-amino-alcohol motifs (C(OH)–C–C–N with tert-alkyl or cyclic N) is 1. The van der Waals surface area contributed by atoms with Gasteiger partial charge >= 0.3 is 0 Å². The summed E-state index contributed by atoms with van der Waals surface area (Å²) in [5.41, 5.74) is -0.607. The molecule has 0 radical (unpaired) electrons. The first-order chi connectivity index (χ1) is 10.9. The molecule has 6 nitrogen and oxygen atoms in total. The van der Waals surface area contributed by atoms with Gasteiger partial charge in [-0.15, -0.1) is 5.10 Å². The Balaban J connectivity index is 1.76. The van der Waals surface area contributed by atoms with E-state index in [2.05, 4.69) is 10.3 Å². The Labute approximate surface area is 137 Å². The third-order valence-electron chi connectivity index (χ3n) is 4.05. The van der Waals surface area contributed by atoms with Crippen LogP contribution >= 0.6 is 11.6 Å². The zero-order valence-electron chi connectivity index (χ0n) is 12.5. The van der Waals surface area contributed by atoms with Crippen molar-refractivity contribution in [1.82, 2.24) is 19.9 Å². The molecule has 1 saturated heterocycles. The van der Waals surface area contributed by atoms with Crippen molar-refractivity contribution < 1.29 is 14.3 Å². The fourth-order valence-corrected chi connectivity index (χ4v) is 2.92. The van der Waals surface area contributed by atoms with Crippen LogP contribution in [-0.4, -0.2) is 49.6 Å². The van der Waals surface area contributed by atoms with E-state index < -0.39 is 17.3 Å². The van der Waals surface area contributed by atoms with Crippen molar-refractivity contribution >= 4 is 17.5 Å². The third-order valence-corrected chi connectivity index (χ3v) is 4.52. The SMILES string of the molecule is Cc1ccc(C(=O)N2CCC(O)(Cn3ccnn3)C2)c(F)c1Cl. The fraction of sp³-hybridized carbons (Fsp3) is 0.400. The number of nitrogens with zero attached hydrogens (tertiary/aromatic N) is 4. The van der Waals surface area contributed by atoms with Crippen molar-refractivity contribution in [3.8, 4) is 0 Å². The number of halogens is 2. The zero-order chi connectivity index (χ0) is 16.6. The predicted molar refractivity (Wildman–Crippen MR) is 81.6 cm³/mol. The van der Waals surface area contributed by atoms with E-state index in [0.29, 0.717) is 18.5 Å². The highest BCUT2D eigenvalue weighted by Crippen LogP contribution is 2.27. The number of hydrogen-bond acceptors (Lipinski definition) is 4. The second-order valence-electron chi connectivity index (χ2n) is 5.86. The lowest BCUT2D eigenvalue weighted by Gasteiger charge is -2.23. The minimum Gasteiger partial charge on any atom is -0.386 e. The number of likely N-dealkylation sites (tertiary alicyclic amines) is 1. The van der Waals surface area contributed by atoms with Crippen LogP contribution in [0, 0.1) is 12.7 Å². The molecule has 1 aliphatic rings. The Bertz CT molecular complexity index is 737. The van der Waals surface area contributed by atoms with Gasteiger partial charge in [-0.2, -0.15) is 0 Å². The normalized spacial score (nSPS) is 21.0. The molecule has 1 atom stereocenters. The summed E-state index contributed by atoms with van der Waals surface area (Å²) in [6.07, 6.45) is 3.55. The van der Waals surface area contributed by atoms with Crippen molar-refractivity contribution in [3.05, 3.63) is 46.5 Å². The van der Waals surface area contributed by atoms with Gasteiger partial charge < -0.3 is 10.0 Å². The first kappa shape index (κ1) is 15.9. The summed E-state index contributed by atoms with van der Waals surface area (Å²) in [6.45, 7) is 2.35. The number of hydrogen-bond donors (Lipinski definition) is 1. The lowest BCUT2D eigenvalue weighted by molar-refractivity contribution is 0.0266. The molecule has 0 saturated carbocycles. The molecule has 0 spiro atoms. The maximum atomic E-state index is 14.2. The fourth-order valence-electron chi connectivity index (χ4n) is 2.76. The van der Waals surface area contributed by atoms with E-state index in [-0.39, 0.29) is 23.7 Å². The molecule has 2 aromatic rings. The van der Waals surface area contributed by atoms with Crippen LogP contribution in [0.1, 0.15) is 22.3 Å². The van der Waals surface area contributed by atoms with E-state index in [1.54, 1.807) is 19.2 Å². The van der Waals surface area contributed by atoms with Gasteiger partial charge in [0.2, 0.25) is 0 Å². The average Bonchev–Trinajstić information content (AvgIpc) is 3.14. The number of carbonyl (C=O) groups excluding carboxylic acids is 1. The largest absolute Gasteiger partial charge is 0.386 e. The second kappa shape index (κ2) is 5.90. The molecule has 1 aliphatic heterocycles. The molecule has 122 valence electrons. The van der Waals surface area contributed by atoms with Crippen molar-refractivity contribution in [2.24, 2.45) is 0 Å². The van der Waals surface area contributed by atoms with E-state index in [1.165, 1.54) is 21.8 Å². The van der Waals surface area contributed by atoms with Crippen molar-refractivity contribution in [2.75, 3.05) is 13.1 Å². The summed E-state index contributed by atoms with van der Waals surface area (Å²) in [4.78, 5) is 13.9. The quantitative estimate of drug-likeness (QED) is 0.924. The van der Waals surface area contributed by atoms with Crippen molar-refractivity contribution in [2.45, 2.75) is 25.5 Å². The van der Waals surface area contributed by atoms with Crippen LogP contribution in [0.4, 0.5) is 4.39 Å². The molecule has 1 fully saturated rings. The highest BCUT2D eigenvalue weighted by molar-refractivity contribution is 6.31. The van der Waals surface area contributed by atoms with Gasteiger partial charge in [-0.25, -0.2) is 9.07 Å². The van der Waals surface area contributed by atoms with Crippen LogP contribution in [-0.2, 0) is 6.54 Å². The van der Waals surface area contributed by atoms with Crippen LogP contribution in [0.3, 0.4) is 0 Å². The van der Waals surface area contributed by atoms with Gasteiger partial charge in [-0.05, 0) is 25.0 Å². The Morgan fingerprint density at radius 2 is 2.30 bits per heavy atom. The van der Waals surface area contributed by atoms with Gasteiger partial charge in [0.15, 0.2) is 5.82 Å². The lowest BCUT2D eigenvalue weighted by atomic mass is 10.0. The third kappa shape index (κ3) is 3.07. The molecule has 0 aliphatic carbocycles. The van der Waals surface area contributed by atoms with Gasteiger partial charge in [0.1, 0.15) is 5.60 Å². The number of rotatable bonds is 3. The first-order valence-corrected chi connectivity index (χ1v) is 7.58. The van der Waals surface area contributed by atoms with Crippen molar-refractivity contribution in [1.29, 1.82) is 0 Å². The van der Waals surface area contributed by atoms with E-state index >= 15 is 0 Å². The summed E-state index contributed by atoms with van der Waals surface area (Å²) in [6, 6.07) is 3.03. The molecular formula is C15H16ClFN4O2. The molecule has 1 aromatic carbocycles. The van der Waals surface area contributed by atoms with Gasteiger partial charge in [0.05, 0.1) is 29.9 Å². The molecule has 1 N–H and O–H groups in total. The smallest absolute Gasteiger partial charge is 0.256 e. The first-order valence-electron chi connectivity index (χ1n) is 7.20. The highest BCUT2D eigenvalue weighted by atomic mass is 35.5. The zero-order valence-corrected chi connectivity index (χ0v) is 13.3. The minimum atomic E-state index is -1.10. The number of aromatic nitrogens is 3. The molecule has 0 bridgehead atoms. The molecule has 3 rings (SSSR count). The van der Waals surface area contributed by atoms with Gasteiger partial charge in [-0.1, -0.05) is 22.9 Å². The number of aliphatic hydroxyl groups is 1. The second-order valence-corrected chi connectivity index (χ2v) is 6.24. The van der Waals surface area contributed by atoms with E-state index in [1.807, 2.05) is 0 Å². The minimum absolute atomic E-state index is 0.0482. The standard InChI is InChI=1S/C15H16ClFN4O2/c1-10-2-3-11(13(17)12(10)16)14(22)20-6-4-15(23,8-20)9-21-7-5-18-19-21/h2-3,5,7,23H,4,6,8-9H2,1H3. The summed E-state index contributed by atoms with van der Waals surface area (Å²) in [5.74, 6) is -1.19. The summed E-state index contributed by atoms with van der Waals surface area (Å²) in [7, 11) is 0. The lowest BCUT2D eigenvalue weighted by Crippen LogP contribution is -2.39. The summed E-state index contributed by atoms with van der Waals surface area (Å²) >= 11 is 5.87. The molecular weight excluding hydrogens is 323 g/mol. The van der Waals surface area contributed by atoms with E-state index in [0.717, 1.165) is 0 Å². The number of carbonyl (C=O) groups is 1. The van der Waals surface area contributed by atoms with Crippen molar-refractivity contribution in [3.63, 3.8) is 0 Å². The van der Waals surface area contributed by atoms with Crippen LogP contribution in [0.25, 0.3) is 0 Å². The van der Waals surface area contributed by atoms with Crippen LogP contribution < -0.4 is 0 Å². The Morgan fingerprint density at radius 3 is 3.00 bits per heavy atom. The van der Waals surface area contributed by atoms with E-state index in [9.17, 15) is 14.3 Å². The number of benzene rings is 1. The predicted octanol–water partition coefficient (Wildman–Crippen LogP) is 1.66. The van der Waals surface area contributed by atoms with Crippen LogP contribution in [0.5, 0.6) is 0 Å². The Hall–Kier alpha value is -1.99. The van der Waals surface area contributed by atoms with Crippen LogP contribution in [0.2, 0.25) is 5.02 Å². The average molecular weight is 339 g/mol. The van der Waals surface area contributed by atoms with Gasteiger partial charge in [0.25, 0.3) is 5.91 Å². The molecule has 1 amide bonds. The molecule has 23 heavy (non-hydrogen) atoms. The Kier molecular flexibility index (Phi) is 4.08. The topological polar surface area (TPSA) is 71.2 Å². The molecule has 8 heteroatoms.